The van der Waals surface area contributed by atoms with Crippen LogP contribution < -0.4 is 12.4 Å². The van der Waals surface area contributed by atoms with Crippen LogP contribution in [-0.4, -0.2) is 41.8 Å². The molecular formula is C4H9ClMgO3S. The molecule has 0 spiro atoms. The Labute approximate surface area is 83.9 Å². The molecule has 0 rings (SSSR count). The predicted molar refractivity (Wildman–Crippen MR) is 35.2 cm³/mol. The Hall–Kier alpha value is 0.966. The van der Waals surface area contributed by atoms with E-state index < -0.39 is 10.1 Å². The Morgan fingerprint density at radius 3 is 1.90 bits per heavy atom. The molecule has 0 radical (unpaired) electrons. The molecular weight excluding hydrogens is 188 g/mol. The molecule has 0 unspecified atom stereocenters. The van der Waals surface area contributed by atoms with Crippen molar-refractivity contribution in [3.05, 3.63) is 0 Å². The van der Waals surface area contributed by atoms with Crippen LogP contribution >= 0.6 is 0 Å². The van der Waals surface area contributed by atoms with Crippen molar-refractivity contribution in [3.8, 4) is 0 Å². The first kappa shape index (κ1) is 17.2. The summed E-state index contributed by atoms with van der Waals surface area (Å²) in [6, 6.07) is 0. The summed E-state index contributed by atoms with van der Waals surface area (Å²) in [4.78, 5) is 0. The van der Waals surface area contributed by atoms with E-state index in [2.05, 4.69) is 0 Å². The fourth-order valence-electron chi connectivity index (χ4n) is 0.321. The predicted octanol–water partition coefficient (Wildman–Crippen LogP) is -3.05. The van der Waals surface area contributed by atoms with E-state index in [1.807, 2.05) is 6.92 Å². The van der Waals surface area contributed by atoms with E-state index in [0.29, 0.717) is 6.42 Å². The van der Waals surface area contributed by atoms with E-state index >= 15 is 0 Å². The van der Waals surface area contributed by atoms with Gasteiger partial charge in [0.15, 0.2) is 0 Å². The van der Waals surface area contributed by atoms with Gasteiger partial charge in [0, 0.05) is 5.75 Å². The van der Waals surface area contributed by atoms with Gasteiger partial charge in [-0.15, -0.1) is 0 Å². The van der Waals surface area contributed by atoms with Gasteiger partial charge in [0.2, 0.25) is 0 Å². The third-order valence-electron chi connectivity index (χ3n) is 0.748. The summed E-state index contributed by atoms with van der Waals surface area (Å²) in [5, 5.41) is 0. The van der Waals surface area contributed by atoms with Gasteiger partial charge in [-0.2, -0.15) is 0 Å². The molecule has 0 saturated carbocycles. The number of hydrogen-bond acceptors (Lipinski definition) is 3. The first-order chi connectivity index (χ1) is 3.56. The molecule has 0 atom stereocenters. The molecule has 0 saturated heterocycles. The zero-order valence-corrected chi connectivity index (χ0v) is 8.83. The van der Waals surface area contributed by atoms with Gasteiger partial charge in [-0.05, 0) is 6.42 Å². The van der Waals surface area contributed by atoms with Gasteiger partial charge in [0.25, 0.3) is 0 Å². The molecule has 3 nitrogen and oxygen atoms in total. The molecule has 58 valence electrons. The van der Waals surface area contributed by atoms with Crippen molar-refractivity contribution in [2.24, 2.45) is 0 Å². The molecule has 0 aliphatic carbocycles. The second kappa shape index (κ2) is 8.07. The molecule has 0 aromatic rings. The summed E-state index contributed by atoms with van der Waals surface area (Å²) < 4.78 is 29.5. The Bertz CT molecular complexity index is 145. The first-order valence-electron chi connectivity index (χ1n) is 2.50. The largest absolute Gasteiger partial charge is 2.00 e. The van der Waals surface area contributed by atoms with E-state index in [-0.39, 0.29) is 41.2 Å². The van der Waals surface area contributed by atoms with Crippen molar-refractivity contribution in [2.45, 2.75) is 19.8 Å². The van der Waals surface area contributed by atoms with Crippen LogP contribution in [0.3, 0.4) is 0 Å². The fourth-order valence-corrected chi connectivity index (χ4v) is 0.963. The summed E-state index contributed by atoms with van der Waals surface area (Å²) in [6.45, 7) is 1.84. The average Bonchev–Trinajstić information content (AvgIpc) is 1.59. The Balaban J connectivity index is -0.000000245. The molecule has 0 heterocycles. The minimum Gasteiger partial charge on any atom is -1.00 e. The molecule has 0 aliphatic heterocycles. The van der Waals surface area contributed by atoms with Gasteiger partial charge in [0.1, 0.15) is 0 Å². The van der Waals surface area contributed by atoms with E-state index in [0.717, 1.165) is 6.42 Å². The monoisotopic (exact) mass is 196 g/mol. The minimum absolute atomic E-state index is 0. The number of halogens is 1. The standard InChI is InChI=1S/C4H10O3S.ClH.Mg/c1-2-3-4-8(5,6)7;;/h2-4H2,1H3,(H,5,6,7);1H;/q;;+2/p-2. The summed E-state index contributed by atoms with van der Waals surface area (Å²) >= 11 is 0. The van der Waals surface area contributed by atoms with Crippen molar-refractivity contribution in [3.63, 3.8) is 0 Å². The number of hydrogen-bond donors (Lipinski definition) is 0. The minimum atomic E-state index is -3.94. The van der Waals surface area contributed by atoms with E-state index in [4.69, 9.17) is 0 Å². The van der Waals surface area contributed by atoms with E-state index in [9.17, 15) is 13.0 Å². The van der Waals surface area contributed by atoms with E-state index in [1.165, 1.54) is 0 Å². The molecule has 10 heavy (non-hydrogen) atoms. The molecule has 0 bridgehead atoms. The van der Waals surface area contributed by atoms with Crippen molar-refractivity contribution >= 4 is 33.2 Å². The molecule has 0 aromatic carbocycles. The van der Waals surface area contributed by atoms with Crippen LogP contribution in [-0.2, 0) is 10.1 Å². The molecule has 0 aliphatic rings. The van der Waals surface area contributed by atoms with Crippen LogP contribution in [0, 0.1) is 0 Å². The fraction of sp³-hybridized carbons (Fsp3) is 1.00. The van der Waals surface area contributed by atoms with Crippen molar-refractivity contribution < 1.29 is 25.4 Å². The van der Waals surface area contributed by atoms with Crippen LogP contribution in [0.5, 0.6) is 0 Å². The van der Waals surface area contributed by atoms with Crippen LogP contribution in [0.2, 0.25) is 0 Å². The van der Waals surface area contributed by atoms with Gasteiger partial charge >= 0.3 is 23.1 Å². The quantitative estimate of drug-likeness (QED) is 0.357. The third-order valence-corrected chi connectivity index (χ3v) is 1.54. The zero-order chi connectivity index (χ0) is 6.62. The van der Waals surface area contributed by atoms with Crippen molar-refractivity contribution in [1.29, 1.82) is 0 Å². The number of unbranched alkanes of at least 4 members (excludes halogenated alkanes) is 1. The van der Waals surface area contributed by atoms with Gasteiger partial charge in [0.05, 0.1) is 10.1 Å². The molecule has 0 amide bonds. The second-order valence-corrected chi connectivity index (χ2v) is 3.14. The Kier molecular flexibility index (Phi) is 13.8. The molecule has 0 fully saturated rings. The van der Waals surface area contributed by atoms with E-state index in [1.54, 1.807) is 0 Å². The maximum Gasteiger partial charge on any atom is 2.00 e. The van der Waals surface area contributed by atoms with Crippen LogP contribution in [0.4, 0.5) is 0 Å². The Morgan fingerprint density at radius 1 is 1.40 bits per heavy atom. The molecule has 0 aromatic heterocycles. The number of rotatable bonds is 3. The molecule has 0 N–H and O–H groups in total. The van der Waals surface area contributed by atoms with Crippen LogP contribution in [0.1, 0.15) is 19.8 Å². The summed E-state index contributed by atoms with van der Waals surface area (Å²) in [6.07, 6.45) is 1.23. The summed E-state index contributed by atoms with van der Waals surface area (Å²) in [7, 11) is -3.94. The SMILES string of the molecule is CCCCS(=O)(=O)[O-].[Cl-].[Mg+2]. The normalized spacial score (nSPS) is 9.40. The smallest absolute Gasteiger partial charge is 1.00 e. The van der Waals surface area contributed by atoms with Crippen LogP contribution in [0.15, 0.2) is 0 Å². The second-order valence-electron chi connectivity index (χ2n) is 1.62. The van der Waals surface area contributed by atoms with Crippen molar-refractivity contribution in [2.75, 3.05) is 5.75 Å². The van der Waals surface area contributed by atoms with Gasteiger partial charge in [-0.1, -0.05) is 13.3 Å². The van der Waals surface area contributed by atoms with Gasteiger partial charge < -0.3 is 17.0 Å². The third kappa shape index (κ3) is 16.0. The van der Waals surface area contributed by atoms with Gasteiger partial charge in [-0.3, -0.25) is 0 Å². The van der Waals surface area contributed by atoms with Crippen molar-refractivity contribution in [1.82, 2.24) is 0 Å². The maximum absolute atomic E-state index is 9.83. The topological polar surface area (TPSA) is 57.2 Å². The first-order valence-corrected chi connectivity index (χ1v) is 4.07. The summed E-state index contributed by atoms with van der Waals surface area (Å²) in [5.41, 5.74) is 0. The van der Waals surface area contributed by atoms with Gasteiger partial charge in [-0.25, -0.2) is 8.42 Å². The zero-order valence-electron chi connectivity index (χ0n) is 5.84. The Morgan fingerprint density at radius 2 is 1.80 bits per heavy atom. The average molecular weight is 197 g/mol. The van der Waals surface area contributed by atoms with Crippen LogP contribution in [0.25, 0.3) is 0 Å². The summed E-state index contributed by atoms with van der Waals surface area (Å²) in [5.74, 6) is -0.219. The molecule has 6 heteroatoms. The maximum atomic E-state index is 9.83.